The number of sulfonamides is 1. The van der Waals surface area contributed by atoms with Gasteiger partial charge in [-0.05, 0) is 60.8 Å². The molecule has 0 bridgehead atoms. The molecule has 0 unspecified atom stereocenters. The van der Waals surface area contributed by atoms with Gasteiger partial charge in [0, 0.05) is 36.7 Å². The molecule has 2 fully saturated rings. The van der Waals surface area contributed by atoms with E-state index in [0.717, 1.165) is 25.9 Å². The van der Waals surface area contributed by atoms with Gasteiger partial charge in [0.2, 0.25) is 10.0 Å². The zero-order chi connectivity index (χ0) is 18.2. The van der Waals surface area contributed by atoms with Crippen LogP contribution in [0.25, 0.3) is 0 Å². The lowest BCUT2D eigenvalue weighted by Crippen LogP contribution is -2.50. The van der Waals surface area contributed by atoms with E-state index in [1.54, 1.807) is 4.31 Å². The van der Waals surface area contributed by atoms with Crippen LogP contribution in [-0.2, 0) is 14.8 Å². The van der Waals surface area contributed by atoms with Crippen molar-refractivity contribution < 1.29 is 17.5 Å². The molecule has 1 aromatic carbocycles. The Morgan fingerprint density at radius 1 is 1.28 bits per heavy atom. The maximum atomic E-state index is 13.3. The first-order valence-electron chi connectivity index (χ1n) is 8.62. The molecule has 1 aromatic rings. The molecule has 0 saturated carbocycles. The number of rotatable bonds is 4. The Bertz CT molecular complexity index is 721. The summed E-state index contributed by atoms with van der Waals surface area (Å²) in [5.41, 5.74) is 0. The van der Waals surface area contributed by atoms with Crippen LogP contribution in [0.2, 0.25) is 0 Å². The van der Waals surface area contributed by atoms with Crippen LogP contribution in [0.1, 0.15) is 26.7 Å². The lowest BCUT2D eigenvalue weighted by atomic mass is 10.1. The summed E-state index contributed by atoms with van der Waals surface area (Å²) in [5, 5.41) is 0. The van der Waals surface area contributed by atoms with Crippen LogP contribution < -0.4 is 0 Å². The Morgan fingerprint density at radius 2 is 1.96 bits per heavy atom. The third-order valence-corrected chi connectivity index (χ3v) is 7.70. The van der Waals surface area contributed by atoms with E-state index >= 15 is 0 Å². The van der Waals surface area contributed by atoms with Gasteiger partial charge in [-0.25, -0.2) is 12.8 Å². The highest BCUT2D eigenvalue weighted by molar-refractivity contribution is 9.10. The zero-order valence-electron chi connectivity index (χ0n) is 14.5. The molecule has 2 saturated heterocycles. The number of halogens is 2. The maximum absolute atomic E-state index is 13.3. The summed E-state index contributed by atoms with van der Waals surface area (Å²) >= 11 is 3.19. The van der Waals surface area contributed by atoms with E-state index < -0.39 is 15.8 Å². The highest BCUT2D eigenvalue weighted by Crippen LogP contribution is 2.31. The molecule has 2 heterocycles. The lowest BCUT2D eigenvalue weighted by Gasteiger charge is -2.38. The Morgan fingerprint density at radius 3 is 2.60 bits per heavy atom. The van der Waals surface area contributed by atoms with Crippen LogP contribution in [0, 0.1) is 5.82 Å². The Labute approximate surface area is 157 Å². The van der Waals surface area contributed by atoms with Crippen LogP contribution in [0.4, 0.5) is 4.39 Å². The quantitative estimate of drug-likeness (QED) is 0.730. The first-order chi connectivity index (χ1) is 11.8. The number of nitrogens with zero attached hydrogens (tertiary/aromatic N) is 2. The third kappa shape index (κ3) is 4.24. The van der Waals surface area contributed by atoms with E-state index in [0.29, 0.717) is 13.1 Å². The van der Waals surface area contributed by atoms with E-state index in [1.807, 2.05) is 13.8 Å². The van der Waals surface area contributed by atoms with Crippen molar-refractivity contribution in [3.8, 4) is 0 Å². The van der Waals surface area contributed by atoms with Gasteiger partial charge in [0.05, 0.1) is 17.1 Å². The number of ether oxygens (including phenoxy) is 1. The fourth-order valence-corrected chi connectivity index (χ4v) is 6.55. The van der Waals surface area contributed by atoms with Crippen molar-refractivity contribution in [3.63, 3.8) is 0 Å². The maximum Gasteiger partial charge on any atom is 0.244 e. The second-order valence-corrected chi connectivity index (χ2v) is 9.68. The standard InChI is InChI=1S/C17H24BrFN2O3S/c1-12-9-20(10-13(2)24-12)11-15-4-3-7-21(15)25(22,23)17-6-5-14(19)8-16(17)18/h5-6,8,12-13,15H,3-4,7,9-11H2,1-2H3/t12-,13+,15-/m0/s1. The van der Waals surface area contributed by atoms with Crippen LogP contribution in [0.5, 0.6) is 0 Å². The van der Waals surface area contributed by atoms with Crippen molar-refractivity contribution >= 4 is 26.0 Å². The normalized spacial score (nSPS) is 29.2. The van der Waals surface area contributed by atoms with Crippen molar-refractivity contribution in [1.29, 1.82) is 0 Å². The summed E-state index contributed by atoms with van der Waals surface area (Å²) in [6.07, 6.45) is 2.00. The Kier molecular flexibility index (Phi) is 5.85. The highest BCUT2D eigenvalue weighted by Gasteiger charge is 2.38. The third-order valence-electron chi connectivity index (χ3n) is 4.77. The monoisotopic (exact) mass is 434 g/mol. The molecule has 0 amide bonds. The molecule has 0 radical (unpaired) electrons. The van der Waals surface area contributed by atoms with E-state index in [2.05, 4.69) is 20.8 Å². The predicted octanol–water partition coefficient (Wildman–Crippen LogP) is 2.85. The minimum atomic E-state index is -3.65. The van der Waals surface area contributed by atoms with Gasteiger partial charge in [-0.2, -0.15) is 4.31 Å². The van der Waals surface area contributed by atoms with Crippen LogP contribution in [0.15, 0.2) is 27.6 Å². The molecular weight excluding hydrogens is 411 g/mol. The minimum Gasteiger partial charge on any atom is -0.373 e. The first-order valence-corrected chi connectivity index (χ1v) is 10.9. The fourth-order valence-electron chi connectivity index (χ4n) is 3.85. The minimum absolute atomic E-state index is 0.0561. The van der Waals surface area contributed by atoms with Crippen LogP contribution >= 0.6 is 15.9 Å². The van der Waals surface area contributed by atoms with Crippen molar-refractivity contribution in [2.75, 3.05) is 26.2 Å². The summed E-state index contributed by atoms with van der Waals surface area (Å²) in [6.45, 7) is 6.93. The van der Waals surface area contributed by atoms with Gasteiger partial charge in [0.1, 0.15) is 5.82 Å². The van der Waals surface area contributed by atoms with Crippen LogP contribution in [0.3, 0.4) is 0 Å². The summed E-state index contributed by atoms with van der Waals surface area (Å²) in [6, 6.07) is 3.67. The van der Waals surface area contributed by atoms with Gasteiger partial charge in [-0.15, -0.1) is 0 Å². The zero-order valence-corrected chi connectivity index (χ0v) is 16.9. The number of morpholine rings is 1. The molecule has 3 atom stereocenters. The average molecular weight is 435 g/mol. The van der Waals surface area contributed by atoms with Crippen molar-refractivity contribution in [1.82, 2.24) is 9.21 Å². The molecule has 3 rings (SSSR count). The van der Waals surface area contributed by atoms with Crippen molar-refractivity contribution in [2.45, 2.75) is 49.8 Å². The summed E-state index contributed by atoms with van der Waals surface area (Å²) < 4.78 is 47.1. The average Bonchev–Trinajstić information content (AvgIpc) is 2.94. The molecule has 140 valence electrons. The van der Waals surface area contributed by atoms with Gasteiger partial charge in [0.25, 0.3) is 0 Å². The Hall–Kier alpha value is -0.540. The molecule has 5 nitrogen and oxygen atoms in total. The Balaban J connectivity index is 1.78. The van der Waals surface area contributed by atoms with Gasteiger partial charge in [0.15, 0.2) is 0 Å². The van der Waals surface area contributed by atoms with E-state index in [4.69, 9.17) is 4.74 Å². The second-order valence-electron chi connectivity index (χ2n) is 6.96. The second kappa shape index (κ2) is 7.60. The number of hydrogen-bond acceptors (Lipinski definition) is 4. The van der Waals surface area contributed by atoms with E-state index in [1.165, 1.54) is 18.2 Å². The molecule has 8 heteroatoms. The summed E-state index contributed by atoms with van der Waals surface area (Å²) in [4.78, 5) is 2.42. The molecule has 2 aliphatic heterocycles. The summed E-state index contributed by atoms with van der Waals surface area (Å²) in [5.74, 6) is -0.458. The SMILES string of the molecule is C[C@@H]1CN(C[C@@H]2CCCN2S(=O)(=O)c2ccc(F)cc2Br)C[C@H](C)O1. The van der Waals surface area contributed by atoms with Gasteiger partial charge < -0.3 is 4.74 Å². The first kappa shape index (κ1) is 19.2. The van der Waals surface area contributed by atoms with Crippen molar-refractivity contribution in [3.05, 3.63) is 28.5 Å². The van der Waals surface area contributed by atoms with Crippen LogP contribution in [-0.4, -0.2) is 62.1 Å². The molecule has 0 aromatic heterocycles. The predicted molar refractivity (Wildman–Crippen MR) is 97.5 cm³/mol. The van der Waals surface area contributed by atoms with E-state index in [-0.39, 0.29) is 27.6 Å². The largest absolute Gasteiger partial charge is 0.373 e. The summed E-state index contributed by atoms with van der Waals surface area (Å²) in [7, 11) is -3.65. The van der Waals surface area contributed by atoms with Gasteiger partial charge in [-0.3, -0.25) is 4.90 Å². The smallest absolute Gasteiger partial charge is 0.244 e. The molecule has 0 aliphatic carbocycles. The number of benzene rings is 1. The molecule has 0 N–H and O–H groups in total. The fraction of sp³-hybridized carbons (Fsp3) is 0.647. The van der Waals surface area contributed by atoms with Gasteiger partial charge >= 0.3 is 0 Å². The molecule has 25 heavy (non-hydrogen) atoms. The van der Waals surface area contributed by atoms with E-state index in [9.17, 15) is 12.8 Å². The lowest BCUT2D eigenvalue weighted by molar-refractivity contribution is -0.0707. The number of hydrogen-bond donors (Lipinski definition) is 0. The van der Waals surface area contributed by atoms with Crippen molar-refractivity contribution in [2.24, 2.45) is 0 Å². The molecule has 0 spiro atoms. The molecule has 2 aliphatic rings. The van der Waals surface area contributed by atoms with Gasteiger partial charge in [-0.1, -0.05) is 0 Å². The topological polar surface area (TPSA) is 49.9 Å². The highest BCUT2D eigenvalue weighted by atomic mass is 79.9. The molecular formula is C17H24BrFN2O3S.